The third kappa shape index (κ3) is 4.37. The Labute approximate surface area is 172 Å². The fourth-order valence-electron chi connectivity index (χ4n) is 3.41. The van der Waals surface area contributed by atoms with Crippen molar-refractivity contribution >= 4 is 18.1 Å². The Kier molecular flexibility index (Phi) is 5.56. The number of rotatable bonds is 3. The van der Waals surface area contributed by atoms with Crippen molar-refractivity contribution in [2.24, 2.45) is 5.92 Å². The summed E-state index contributed by atoms with van der Waals surface area (Å²) in [6.45, 7) is 2.97. The van der Waals surface area contributed by atoms with E-state index in [1.165, 1.54) is 12.1 Å². The lowest BCUT2D eigenvalue weighted by atomic mass is 9.91. The molecular weight excluding hydrogens is 390 g/mol. The smallest absolute Gasteiger partial charge is 0.325 e. The minimum Gasteiger partial charge on any atom is -0.403 e. The first kappa shape index (κ1) is 19.8. The predicted molar refractivity (Wildman–Crippen MR) is 108 cm³/mol. The first-order valence-corrected chi connectivity index (χ1v) is 9.60. The summed E-state index contributed by atoms with van der Waals surface area (Å²) >= 11 is 0. The van der Waals surface area contributed by atoms with Gasteiger partial charge in [-0.2, -0.15) is 0 Å². The van der Waals surface area contributed by atoms with Crippen LogP contribution in [0.2, 0.25) is 0 Å². The van der Waals surface area contributed by atoms with Crippen LogP contribution in [0.1, 0.15) is 18.9 Å². The summed E-state index contributed by atoms with van der Waals surface area (Å²) in [7, 11) is 0. The van der Waals surface area contributed by atoms with Crippen LogP contribution in [0.5, 0.6) is 0 Å². The number of halogens is 2. The van der Waals surface area contributed by atoms with E-state index in [0.717, 1.165) is 17.2 Å². The van der Waals surface area contributed by atoms with E-state index < -0.39 is 11.6 Å². The van der Waals surface area contributed by atoms with E-state index >= 15 is 0 Å². The average molecular weight is 410 g/mol. The minimum atomic E-state index is -0.872. The molecule has 0 bridgehead atoms. The molecule has 0 spiro atoms. The molecule has 8 heteroatoms. The Morgan fingerprint density at radius 1 is 1.17 bits per heavy atom. The molecule has 1 unspecified atom stereocenters. The van der Waals surface area contributed by atoms with Crippen molar-refractivity contribution in [3.63, 3.8) is 0 Å². The highest BCUT2D eigenvalue weighted by atomic mass is 19.2. The summed E-state index contributed by atoms with van der Waals surface area (Å²) in [5.74, 6) is -1.34. The van der Waals surface area contributed by atoms with Gasteiger partial charge in [0.15, 0.2) is 11.6 Å². The Balaban J connectivity index is 1.38. The van der Waals surface area contributed by atoms with Gasteiger partial charge in [0.2, 0.25) is 5.89 Å². The molecule has 2 aromatic carbocycles. The molecule has 1 aliphatic heterocycles. The molecule has 30 heavy (non-hydrogen) atoms. The summed E-state index contributed by atoms with van der Waals surface area (Å²) in [5, 5.41) is 10.5. The molecule has 154 valence electrons. The molecule has 1 aromatic heterocycles. The second kappa shape index (κ2) is 8.44. The number of nitrogens with zero attached hydrogens (tertiary/aromatic N) is 3. The monoisotopic (exact) mass is 410 g/mol. The van der Waals surface area contributed by atoms with Crippen molar-refractivity contribution in [2.45, 2.75) is 13.3 Å². The van der Waals surface area contributed by atoms with E-state index in [1.807, 2.05) is 43.3 Å². The van der Waals surface area contributed by atoms with Gasteiger partial charge in [0.05, 0.1) is 0 Å². The number of likely N-dealkylation sites (tertiary alicyclic amines) is 1. The summed E-state index contributed by atoms with van der Waals surface area (Å²) in [6.07, 6.45) is 2.49. The molecule has 6 nitrogen and oxygen atoms in total. The highest BCUT2D eigenvalue weighted by Crippen LogP contribution is 2.26. The van der Waals surface area contributed by atoms with E-state index in [9.17, 15) is 13.6 Å². The zero-order valence-electron chi connectivity index (χ0n) is 16.3. The third-order valence-electron chi connectivity index (χ3n) is 5.04. The molecule has 0 aliphatic carbocycles. The highest BCUT2D eigenvalue weighted by Gasteiger charge is 2.25. The molecule has 3 aromatic rings. The van der Waals surface area contributed by atoms with Gasteiger partial charge in [0, 0.05) is 18.7 Å². The van der Waals surface area contributed by atoms with Crippen LogP contribution in [0.3, 0.4) is 0 Å². The van der Waals surface area contributed by atoms with E-state index in [1.54, 1.807) is 4.90 Å². The summed E-state index contributed by atoms with van der Waals surface area (Å²) in [6, 6.07) is 12.8. The first-order valence-electron chi connectivity index (χ1n) is 9.60. The Bertz CT molecular complexity index is 1080. The van der Waals surface area contributed by atoms with Crippen LogP contribution in [-0.2, 0) is 0 Å². The highest BCUT2D eigenvalue weighted by molar-refractivity contribution is 5.87. The molecule has 1 saturated heterocycles. The molecule has 4 rings (SSSR count). The van der Waals surface area contributed by atoms with Gasteiger partial charge in [0.1, 0.15) is 0 Å². The largest absolute Gasteiger partial charge is 0.403 e. The topological polar surface area (TPSA) is 71.3 Å². The van der Waals surface area contributed by atoms with Gasteiger partial charge >= 0.3 is 12.0 Å². The molecule has 1 fully saturated rings. The van der Waals surface area contributed by atoms with E-state index in [2.05, 4.69) is 15.5 Å². The first-order chi connectivity index (χ1) is 14.5. The second-order valence-corrected chi connectivity index (χ2v) is 7.20. The maximum absolute atomic E-state index is 13.4. The molecule has 1 aliphatic rings. The van der Waals surface area contributed by atoms with Gasteiger partial charge in [-0.05, 0) is 42.2 Å². The molecule has 1 N–H and O–H groups in total. The minimum absolute atomic E-state index is 0.0367. The maximum atomic E-state index is 13.4. The number of aromatic nitrogens is 2. The van der Waals surface area contributed by atoms with Gasteiger partial charge in [-0.25, -0.2) is 13.6 Å². The van der Waals surface area contributed by atoms with Gasteiger partial charge in [-0.3, -0.25) is 5.32 Å². The third-order valence-corrected chi connectivity index (χ3v) is 5.04. The number of urea groups is 1. The molecule has 2 amide bonds. The van der Waals surface area contributed by atoms with Crippen LogP contribution < -0.4 is 5.32 Å². The van der Waals surface area contributed by atoms with Crippen LogP contribution >= 0.6 is 0 Å². The Hall–Kier alpha value is -3.55. The Morgan fingerprint density at radius 2 is 1.97 bits per heavy atom. The lowest BCUT2D eigenvalue weighted by molar-refractivity contribution is 0.197. The number of benzene rings is 2. The zero-order chi connectivity index (χ0) is 21.1. The summed E-state index contributed by atoms with van der Waals surface area (Å²) in [4.78, 5) is 14.2. The lowest BCUT2D eigenvalue weighted by Gasteiger charge is -2.32. The summed E-state index contributed by atoms with van der Waals surface area (Å²) in [5.41, 5.74) is 2.45. The normalized spacial score (nSPS) is 17.9. The van der Waals surface area contributed by atoms with Crippen molar-refractivity contribution in [3.8, 4) is 11.5 Å². The van der Waals surface area contributed by atoms with E-state index in [0.29, 0.717) is 31.0 Å². The number of anilines is 1. The van der Waals surface area contributed by atoms with Gasteiger partial charge in [-0.15, -0.1) is 5.10 Å². The molecular formula is C22H20F2N4O2. The molecule has 2 heterocycles. The predicted octanol–water partition coefficient (Wildman–Crippen LogP) is 4.97. The summed E-state index contributed by atoms with van der Waals surface area (Å²) < 4.78 is 32.1. The molecule has 0 saturated carbocycles. The van der Waals surface area contributed by atoms with Crippen molar-refractivity contribution in [1.82, 2.24) is 15.1 Å². The number of hydrogen-bond donors (Lipinski definition) is 1. The van der Waals surface area contributed by atoms with Crippen LogP contribution in [0.15, 0.2) is 58.5 Å². The zero-order valence-corrected chi connectivity index (χ0v) is 16.3. The Morgan fingerprint density at radius 3 is 2.70 bits per heavy atom. The van der Waals surface area contributed by atoms with Crippen LogP contribution in [0.25, 0.3) is 17.5 Å². The SMILES string of the molecule is CC1CN(C(=O)Nc2nnc(-c3ccccc3)o2)CC/C1=C\c1ccc(F)c(F)c1. The second-order valence-electron chi connectivity index (χ2n) is 7.20. The fraction of sp³-hybridized carbons (Fsp3) is 0.227. The van der Waals surface area contributed by atoms with Gasteiger partial charge < -0.3 is 9.32 Å². The average Bonchev–Trinajstić information content (AvgIpc) is 3.21. The molecule has 0 radical (unpaired) electrons. The van der Waals surface area contributed by atoms with Crippen LogP contribution in [0, 0.1) is 17.6 Å². The quantitative estimate of drug-likeness (QED) is 0.662. The van der Waals surface area contributed by atoms with E-state index in [-0.39, 0.29) is 18.0 Å². The molecule has 1 atom stereocenters. The maximum Gasteiger partial charge on any atom is 0.325 e. The van der Waals surface area contributed by atoms with E-state index in [4.69, 9.17) is 4.42 Å². The van der Waals surface area contributed by atoms with Crippen molar-refractivity contribution in [1.29, 1.82) is 0 Å². The number of carbonyl (C=O) groups is 1. The lowest BCUT2D eigenvalue weighted by Crippen LogP contribution is -2.42. The van der Waals surface area contributed by atoms with Crippen LogP contribution in [-0.4, -0.2) is 34.2 Å². The number of piperidine rings is 1. The number of carbonyl (C=O) groups excluding carboxylic acids is 1. The van der Waals surface area contributed by atoms with Crippen molar-refractivity contribution in [2.75, 3.05) is 18.4 Å². The number of nitrogens with one attached hydrogen (secondary N) is 1. The van der Waals surface area contributed by atoms with Gasteiger partial charge in [0.25, 0.3) is 0 Å². The number of hydrogen-bond acceptors (Lipinski definition) is 4. The van der Waals surface area contributed by atoms with Crippen molar-refractivity contribution < 1.29 is 18.0 Å². The standard InChI is InChI=1S/C22H20F2N4O2/c1-14-13-28(10-9-17(14)11-15-7-8-18(23)19(24)12-15)22(29)25-21-27-26-20(30-21)16-5-3-2-4-6-16/h2-8,11-12,14H,9-10,13H2,1H3,(H,25,27,29)/b17-11+. The van der Waals surface area contributed by atoms with Gasteiger partial charge in [-0.1, -0.05) is 47.9 Å². The van der Waals surface area contributed by atoms with Crippen molar-refractivity contribution in [3.05, 3.63) is 71.3 Å². The fourth-order valence-corrected chi connectivity index (χ4v) is 3.41. The van der Waals surface area contributed by atoms with Crippen LogP contribution in [0.4, 0.5) is 19.6 Å². The number of amides is 2.